The molecule has 2 N–H and O–H groups in total. The first kappa shape index (κ1) is 25.7. The fourth-order valence-corrected chi connectivity index (χ4v) is 4.58. The third-order valence-electron chi connectivity index (χ3n) is 6.27. The SMILES string of the molecule is CCCC(CC)CC(C)C(/C(N)=N\C)/C(=N\C)c1ccc(Cc2cccc(F)c2)cc1F. The Morgan fingerprint density at radius 1 is 1.00 bits per heavy atom. The van der Waals surface area contributed by atoms with E-state index < -0.39 is 0 Å². The summed E-state index contributed by atoms with van der Waals surface area (Å²) in [5.74, 6) is 0.368. The first-order valence-corrected chi connectivity index (χ1v) is 11.6. The molecule has 0 aliphatic heterocycles. The van der Waals surface area contributed by atoms with E-state index in [9.17, 15) is 4.39 Å². The summed E-state index contributed by atoms with van der Waals surface area (Å²) in [7, 11) is 3.35. The van der Waals surface area contributed by atoms with Gasteiger partial charge < -0.3 is 5.73 Å². The highest BCUT2D eigenvalue weighted by Gasteiger charge is 2.30. The number of rotatable bonds is 11. The number of amidine groups is 1. The summed E-state index contributed by atoms with van der Waals surface area (Å²) in [6.07, 6.45) is 4.86. The maximum absolute atomic E-state index is 15.3. The van der Waals surface area contributed by atoms with Crippen LogP contribution in [0.4, 0.5) is 8.78 Å². The molecule has 0 aromatic heterocycles. The molecule has 0 spiro atoms. The van der Waals surface area contributed by atoms with Gasteiger partial charge in [-0.1, -0.05) is 58.2 Å². The van der Waals surface area contributed by atoms with E-state index in [0.717, 1.165) is 30.4 Å². The number of nitrogens with zero attached hydrogens (tertiary/aromatic N) is 2. The number of hydrogen-bond acceptors (Lipinski definition) is 2. The molecule has 0 aliphatic rings. The molecule has 2 aromatic rings. The maximum atomic E-state index is 15.3. The predicted molar refractivity (Wildman–Crippen MR) is 132 cm³/mol. The summed E-state index contributed by atoms with van der Waals surface area (Å²) in [5.41, 5.74) is 8.99. The Morgan fingerprint density at radius 2 is 1.72 bits per heavy atom. The van der Waals surface area contributed by atoms with Crippen LogP contribution >= 0.6 is 0 Å². The topological polar surface area (TPSA) is 50.7 Å². The van der Waals surface area contributed by atoms with Crippen LogP contribution in [0.25, 0.3) is 0 Å². The van der Waals surface area contributed by atoms with Crippen molar-refractivity contribution in [2.75, 3.05) is 14.1 Å². The van der Waals surface area contributed by atoms with E-state index in [0.29, 0.717) is 29.4 Å². The second kappa shape index (κ2) is 12.5. The Balaban J connectivity index is 2.34. The van der Waals surface area contributed by atoms with E-state index in [-0.39, 0.29) is 23.5 Å². The Hall–Kier alpha value is -2.56. The van der Waals surface area contributed by atoms with Gasteiger partial charge in [-0.2, -0.15) is 0 Å². The van der Waals surface area contributed by atoms with E-state index in [1.165, 1.54) is 24.6 Å². The largest absolute Gasteiger partial charge is 0.387 e. The van der Waals surface area contributed by atoms with Crippen LogP contribution in [0.5, 0.6) is 0 Å². The highest BCUT2D eigenvalue weighted by atomic mass is 19.1. The smallest absolute Gasteiger partial charge is 0.132 e. The minimum absolute atomic E-state index is 0.181. The van der Waals surface area contributed by atoms with Gasteiger partial charge in [0, 0.05) is 19.7 Å². The van der Waals surface area contributed by atoms with Crippen molar-refractivity contribution in [3.05, 3.63) is 70.8 Å². The lowest BCUT2D eigenvalue weighted by Crippen LogP contribution is -2.37. The van der Waals surface area contributed by atoms with Gasteiger partial charge in [0.25, 0.3) is 0 Å². The van der Waals surface area contributed by atoms with Gasteiger partial charge in [0.2, 0.25) is 0 Å². The van der Waals surface area contributed by atoms with E-state index in [2.05, 4.69) is 30.8 Å². The van der Waals surface area contributed by atoms with Gasteiger partial charge in [0.05, 0.1) is 11.6 Å². The molecular weight excluding hydrogens is 404 g/mol. The van der Waals surface area contributed by atoms with Gasteiger partial charge in [-0.3, -0.25) is 9.98 Å². The highest BCUT2D eigenvalue weighted by Crippen LogP contribution is 2.29. The molecule has 3 atom stereocenters. The fraction of sp³-hybridized carbons (Fsp3) is 0.481. The molecule has 2 aromatic carbocycles. The second-order valence-electron chi connectivity index (χ2n) is 8.63. The van der Waals surface area contributed by atoms with Crippen molar-refractivity contribution in [3.63, 3.8) is 0 Å². The average molecular weight is 442 g/mol. The van der Waals surface area contributed by atoms with Crippen molar-refractivity contribution in [3.8, 4) is 0 Å². The van der Waals surface area contributed by atoms with Crippen LogP contribution in [0.2, 0.25) is 0 Å². The van der Waals surface area contributed by atoms with Gasteiger partial charge in [-0.15, -0.1) is 0 Å². The van der Waals surface area contributed by atoms with Gasteiger partial charge in [0.1, 0.15) is 17.5 Å². The van der Waals surface area contributed by atoms with Crippen LogP contribution < -0.4 is 5.73 Å². The summed E-state index contributed by atoms with van der Waals surface area (Å²) < 4.78 is 28.8. The molecule has 3 unspecified atom stereocenters. The number of hydrogen-bond donors (Lipinski definition) is 1. The normalized spacial score (nSPS) is 15.5. The lowest BCUT2D eigenvalue weighted by atomic mass is 9.78. The van der Waals surface area contributed by atoms with E-state index in [4.69, 9.17) is 5.73 Å². The Kier molecular flexibility index (Phi) is 10.0. The van der Waals surface area contributed by atoms with Crippen molar-refractivity contribution in [2.24, 2.45) is 33.5 Å². The van der Waals surface area contributed by atoms with Crippen molar-refractivity contribution in [1.82, 2.24) is 0 Å². The Bertz CT molecular complexity index is 936. The molecule has 0 fully saturated rings. The van der Waals surface area contributed by atoms with E-state index >= 15 is 4.39 Å². The molecule has 2 rings (SSSR count). The van der Waals surface area contributed by atoms with Crippen molar-refractivity contribution < 1.29 is 8.78 Å². The molecule has 0 bridgehead atoms. The molecule has 0 amide bonds. The molecule has 0 saturated heterocycles. The molecule has 3 nitrogen and oxygen atoms in total. The van der Waals surface area contributed by atoms with E-state index in [1.54, 1.807) is 26.2 Å². The van der Waals surface area contributed by atoms with Crippen LogP contribution in [-0.2, 0) is 6.42 Å². The first-order valence-electron chi connectivity index (χ1n) is 11.6. The molecule has 0 aliphatic carbocycles. The van der Waals surface area contributed by atoms with Gasteiger partial charge in [-0.25, -0.2) is 8.78 Å². The summed E-state index contributed by atoms with van der Waals surface area (Å²) in [6, 6.07) is 11.5. The quantitative estimate of drug-likeness (QED) is 0.317. The lowest BCUT2D eigenvalue weighted by molar-refractivity contribution is 0.343. The standard InChI is InChI=1S/C27H37F2N3/c1-6-9-19(7-2)14-18(3)25(27(30)32-5)26(31-4)23-13-12-21(17-24(23)29)15-20-10-8-11-22(28)16-20/h8,10-13,16-19,25H,6-7,9,14-15H2,1-5H3,(H2,30,32)/b31-26-. The molecule has 32 heavy (non-hydrogen) atoms. The third kappa shape index (κ3) is 6.72. The summed E-state index contributed by atoms with van der Waals surface area (Å²) in [4.78, 5) is 8.73. The van der Waals surface area contributed by atoms with Crippen molar-refractivity contribution in [2.45, 2.75) is 52.9 Å². The number of halogens is 2. The minimum Gasteiger partial charge on any atom is -0.387 e. The Morgan fingerprint density at radius 3 is 2.28 bits per heavy atom. The van der Waals surface area contributed by atoms with Crippen LogP contribution in [0, 0.1) is 29.4 Å². The van der Waals surface area contributed by atoms with Crippen molar-refractivity contribution in [1.29, 1.82) is 0 Å². The number of aliphatic imine (C=N–C) groups is 2. The van der Waals surface area contributed by atoms with Crippen molar-refractivity contribution >= 4 is 11.5 Å². The minimum atomic E-state index is -0.346. The second-order valence-corrected chi connectivity index (χ2v) is 8.63. The van der Waals surface area contributed by atoms with E-state index in [1.807, 2.05) is 12.1 Å². The maximum Gasteiger partial charge on any atom is 0.132 e. The number of nitrogens with two attached hydrogens (primary N) is 1. The monoisotopic (exact) mass is 441 g/mol. The zero-order valence-electron chi connectivity index (χ0n) is 20.0. The van der Waals surface area contributed by atoms with Crippen LogP contribution in [0.3, 0.4) is 0 Å². The zero-order chi connectivity index (χ0) is 23.7. The first-order chi connectivity index (χ1) is 15.3. The predicted octanol–water partition coefficient (Wildman–Crippen LogP) is 6.43. The van der Waals surface area contributed by atoms with Gasteiger partial charge in [0.15, 0.2) is 0 Å². The molecule has 0 radical (unpaired) electrons. The zero-order valence-corrected chi connectivity index (χ0v) is 20.0. The molecule has 0 saturated carbocycles. The molecule has 174 valence electrons. The van der Waals surface area contributed by atoms with Gasteiger partial charge >= 0.3 is 0 Å². The number of benzene rings is 2. The highest BCUT2D eigenvalue weighted by molar-refractivity contribution is 6.14. The molecular formula is C27H37F2N3. The summed E-state index contributed by atoms with van der Waals surface area (Å²) in [6.45, 7) is 6.57. The third-order valence-corrected chi connectivity index (χ3v) is 6.27. The fourth-order valence-electron chi connectivity index (χ4n) is 4.58. The summed E-state index contributed by atoms with van der Waals surface area (Å²) in [5, 5.41) is 0. The lowest BCUT2D eigenvalue weighted by Gasteiger charge is -2.28. The van der Waals surface area contributed by atoms with Crippen LogP contribution in [0.1, 0.15) is 63.1 Å². The molecule has 5 heteroatoms. The summed E-state index contributed by atoms with van der Waals surface area (Å²) >= 11 is 0. The molecule has 0 heterocycles. The average Bonchev–Trinajstić information content (AvgIpc) is 2.77. The Labute approximate surface area is 191 Å². The van der Waals surface area contributed by atoms with Crippen LogP contribution in [-0.4, -0.2) is 25.6 Å². The van der Waals surface area contributed by atoms with Crippen LogP contribution in [0.15, 0.2) is 52.4 Å². The van der Waals surface area contributed by atoms with Gasteiger partial charge in [-0.05, 0) is 60.1 Å².